The second-order valence-electron chi connectivity index (χ2n) is 7.64. The van der Waals surface area contributed by atoms with Crippen molar-refractivity contribution in [3.63, 3.8) is 0 Å². The molecule has 0 radical (unpaired) electrons. The molecule has 2 aromatic carbocycles. The summed E-state index contributed by atoms with van der Waals surface area (Å²) in [5.74, 6) is 1.56. The SMILES string of the molecule is CN1CCCc2c(NCc3ccccc3)nc(-c3noc4c(C(N)=O)cccc34)nc21. The number of hydrogen-bond acceptors (Lipinski definition) is 7. The number of para-hydroxylation sites is 1. The molecule has 1 amide bonds. The number of amides is 1. The highest BCUT2D eigenvalue weighted by atomic mass is 16.5. The van der Waals surface area contributed by atoms with Crippen molar-refractivity contribution in [1.29, 1.82) is 0 Å². The molecule has 3 heterocycles. The maximum absolute atomic E-state index is 11.8. The van der Waals surface area contributed by atoms with Gasteiger partial charge in [-0.05, 0) is 30.5 Å². The van der Waals surface area contributed by atoms with Gasteiger partial charge in [-0.15, -0.1) is 0 Å². The van der Waals surface area contributed by atoms with Crippen LogP contribution in [-0.4, -0.2) is 34.6 Å². The summed E-state index contributed by atoms with van der Waals surface area (Å²) in [5, 5.41) is 8.32. The van der Waals surface area contributed by atoms with Crippen LogP contribution in [0.2, 0.25) is 0 Å². The topological polar surface area (TPSA) is 110 Å². The molecule has 3 N–H and O–H groups in total. The molecule has 0 bridgehead atoms. The number of primary amides is 1. The summed E-state index contributed by atoms with van der Waals surface area (Å²) in [6, 6.07) is 15.4. The molecule has 0 unspecified atom stereocenters. The molecule has 5 rings (SSSR count). The number of nitrogens with one attached hydrogen (secondary N) is 1. The average Bonchev–Trinajstić information content (AvgIpc) is 3.22. The number of hydrogen-bond donors (Lipinski definition) is 2. The monoisotopic (exact) mass is 414 g/mol. The maximum Gasteiger partial charge on any atom is 0.252 e. The van der Waals surface area contributed by atoms with Crippen LogP contribution in [0.1, 0.15) is 27.9 Å². The van der Waals surface area contributed by atoms with Crippen molar-refractivity contribution in [1.82, 2.24) is 15.1 Å². The van der Waals surface area contributed by atoms with Crippen molar-refractivity contribution < 1.29 is 9.32 Å². The molecule has 31 heavy (non-hydrogen) atoms. The second kappa shape index (κ2) is 7.71. The minimum Gasteiger partial charge on any atom is -0.366 e. The van der Waals surface area contributed by atoms with Crippen molar-refractivity contribution in [2.24, 2.45) is 5.73 Å². The van der Waals surface area contributed by atoms with Crippen LogP contribution in [0.4, 0.5) is 11.6 Å². The van der Waals surface area contributed by atoms with E-state index >= 15 is 0 Å². The Morgan fingerprint density at radius 2 is 2.00 bits per heavy atom. The Bertz CT molecular complexity index is 1270. The molecular weight excluding hydrogens is 392 g/mol. The second-order valence-corrected chi connectivity index (χ2v) is 7.64. The normalized spacial score (nSPS) is 13.3. The lowest BCUT2D eigenvalue weighted by Gasteiger charge is -2.28. The number of carbonyl (C=O) groups excluding carboxylic acids is 1. The van der Waals surface area contributed by atoms with Gasteiger partial charge in [-0.2, -0.15) is 0 Å². The Hall–Kier alpha value is -3.94. The number of nitrogens with zero attached hydrogens (tertiary/aromatic N) is 4. The van der Waals surface area contributed by atoms with Crippen LogP contribution in [0, 0.1) is 0 Å². The molecule has 0 atom stereocenters. The standard InChI is InChI=1S/C23H22N6O2/c1-29-12-6-11-17-21(25-13-14-7-3-2-4-8-14)26-22(27-23(17)29)18-15-9-5-10-16(20(24)30)19(15)31-28-18/h2-5,7-10H,6,11-13H2,1H3,(H2,24,30)(H,25,26,27). The summed E-state index contributed by atoms with van der Waals surface area (Å²) in [7, 11) is 2.03. The number of anilines is 2. The van der Waals surface area contributed by atoms with Crippen LogP contribution in [0.15, 0.2) is 53.1 Å². The van der Waals surface area contributed by atoms with Gasteiger partial charge < -0.3 is 20.5 Å². The minimum absolute atomic E-state index is 0.286. The minimum atomic E-state index is -0.565. The molecule has 0 spiro atoms. The third-order valence-corrected chi connectivity index (χ3v) is 5.55. The largest absolute Gasteiger partial charge is 0.366 e. The summed E-state index contributed by atoms with van der Waals surface area (Å²) < 4.78 is 5.47. The first-order valence-corrected chi connectivity index (χ1v) is 10.2. The first-order valence-electron chi connectivity index (χ1n) is 10.2. The fourth-order valence-corrected chi connectivity index (χ4v) is 3.97. The molecule has 0 saturated heterocycles. The molecule has 0 fully saturated rings. The Balaban J connectivity index is 1.61. The van der Waals surface area contributed by atoms with E-state index in [9.17, 15) is 4.79 Å². The van der Waals surface area contributed by atoms with E-state index in [0.29, 0.717) is 29.0 Å². The van der Waals surface area contributed by atoms with Crippen molar-refractivity contribution in [3.05, 3.63) is 65.2 Å². The number of rotatable bonds is 5. The Labute approximate surface area is 179 Å². The van der Waals surface area contributed by atoms with E-state index in [1.807, 2.05) is 31.3 Å². The van der Waals surface area contributed by atoms with Crippen molar-refractivity contribution in [3.8, 4) is 11.5 Å². The van der Waals surface area contributed by atoms with E-state index in [0.717, 1.165) is 36.6 Å². The van der Waals surface area contributed by atoms with Crippen LogP contribution in [0.25, 0.3) is 22.5 Å². The summed E-state index contributed by atoms with van der Waals surface area (Å²) in [6.45, 7) is 1.58. The first-order chi connectivity index (χ1) is 15.1. The van der Waals surface area contributed by atoms with Crippen LogP contribution >= 0.6 is 0 Å². The summed E-state index contributed by atoms with van der Waals surface area (Å²) in [5.41, 5.74) is 8.86. The zero-order valence-electron chi connectivity index (χ0n) is 17.1. The fraction of sp³-hybridized carbons (Fsp3) is 0.217. The number of nitrogens with two attached hydrogens (primary N) is 1. The Morgan fingerprint density at radius 3 is 2.81 bits per heavy atom. The Morgan fingerprint density at radius 1 is 1.16 bits per heavy atom. The highest BCUT2D eigenvalue weighted by molar-refractivity contribution is 6.06. The summed E-state index contributed by atoms with van der Waals surface area (Å²) in [6.07, 6.45) is 1.95. The van der Waals surface area contributed by atoms with Crippen LogP contribution in [0.3, 0.4) is 0 Å². The first kappa shape index (κ1) is 19.0. The Kier molecular flexibility index (Phi) is 4.74. The van der Waals surface area contributed by atoms with Gasteiger partial charge in [-0.25, -0.2) is 9.97 Å². The van der Waals surface area contributed by atoms with Gasteiger partial charge in [-0.3, -0.25) is 4.79 Å². The highest BCUT2D eigenvalue weighted by Crippen LogP contribution is 2.34. The third-order valence-electron chi connectivity index (χ3n) is 5.55. The lowest BCUT2D eigenvalue weighted by atomic mass is 10.1. The van der Waals surface area contributed by atoms with Crippen molar-refractivity contribution >= 4 is 28.5 Å². The highest BCUT2D eigenvalue weighted by Gasteiger charge is 2.24. The van der Waals surface area contributed by atoms with Gasteiger partial charge in [0.2, 0.25) is 0 Å². The predicted octanol–water partition coefficient (Wildman–Crippen LogP) is 3.38. The van der Waals surface area contributed by atoms with Gasteiger partial charge in [-0.1, -0.05) is 41.6 Å². The van der Waals surface area contributed by atoms with Crippen molar-refractivity contribution in [2.75, 3.05) is 23.8 Å². The molecule has 1 aliphatic rings. The van der Waals surface area contributed by atoms with Gasteiger partial charge in [0.1, 0.15) is 11.6 Å². The quantitative estimate of drug-likeness (QED) is 0.515. The zero-order chi connectivity index (χ0) is 21.4. The zero-order valence-corrected chi connectivity index (χ0v) is 17.1. The van der Waals surface area contributed by atoms with E-state index in [-0.39, 0.29) is 5.56 Å². The lowest BCUT2D eigenvalue weighted by molar-refractivity contribution is 0.100. The van der Waals surface area contributed by atoms with E-state index < -0.39 is 5.91 Å². The number of aromatic nitrogens is 3. The number of benzene rings is 2. The van der Waals surface area contributed by atoms with Gasteiger partial charge in [0.15, 0.2) is 17.1 Å². The van der Waals surface area contributed by atoms with Gasteiger partial charge in [0, 0.05) is 25.7 Å². The van der Waals surface area contributed by atoms with E-state index in [1.165, 1.54) is 5.56 Å². The third kappa shape index (κ3) is 3.46. The van der Waals surface area contributed by atoms with Crippen LogP contribution in [-0.2, 0) is 13.0 Å². The van der Waals surface area contributed by atoms with Gasteiger partial charge in [0.25, 0.3) is 5.91 Å². The van der Waals surface area contributed by atoms with Crippen molar-refractivity contribution in [2.45, 2.75) is 19.4 Å². The van der Waals surface area contributed by atoms with E-state index in [4.69, 9.17) is 20.2 Å². The molecule has 8 heteroatoms. The smallest absolute Gasteiger partial charge is 0.252 e. The fourth-order valence-electron chi connectivity index (χ4n) is 3.97. The summed E-state index contributed by atoms with van der Waals surface area (Å²) >= 11 is 0. The molecule has 2 aromatic heterocycles. The van der Waals surface area contributed by atoms with E-state index in [1.54, 1.807) is 12.1 Å². The predicted molar refractivity (Wildman–Crippen MR) is 119 cm³/mol. The molecule has 0 aliphatic carbocycles. The summed E-state index contributed by atoms with van der Waals surface area (Å²) in [4.78, 5) is 23.5. The van der Waals surface area contributed by atoms with Gasteiger partial charge >= 0.3 is 0 Å². The number of carbonyl (C=O) groups is 1. The lowest BCUT2D eigenvalue weighted by Crippen LogP contribution is -2.27. The molecule has 0 saturated carbocycles. The van der Waals surface area contributed by atoms with Crippen LogP contribution < -0.4 is 16.0 Å². The number of fused-ring (bicyclic) bond motifs is 2. The average molecular weight is 414 g/mol. The van der Waals surface area contributed by atoms with Gasteiger partial charge in [0.05, 0.1) is 10.9 Å². The molecular formula is C23H22N6O2. The molecule has 4 aromatic rings. The van der Waals surface area contributed by atoms with Crippen LogP contribution in [0.5, 0.6) is 0 Å². The maximum atomic E-state index is 11.8. The molecule has 1 aliphatic heterocycles. The van der Waals surface area contributed by atoms with E-state index in [2.05, 4.69) is 27.5 Å². The molecule has 8 nitrogen and oxygen atoms in total. The molecule has 156 valence electrons.